The lowest BCUT2D eigenvalue weighted by molar-refractivity contribution is -0.136. The van der Waals surface area contributed by atoms with Gasteiger partial charge in [0, 0.05) is 25.0 Å². The third-order valence-corrected chi connectivity index (χ3v) is 4.30. The van der Waals surface area contributed by atoms with Crippen LogP contribution in [0.4, 0.5) is 0 Å². The topological polar surface area (TPSA) is 75.4 Å². The fraction of sp³-hybridized carbons (Fsp3) is 0.867. The second kappa shape index (κ2) is 6.97. The van der Waals surface area contributed by atoms with Crippen molar-refractivity contribution in [2.24, 2.45) is 17.1 Å². The zero-order valence-corrected chi connectivity index (χ0v) is 14.0. The number of carbonyl (C=O) groups excluding carboxylic acids is 2. The van der Waals surface area contributed by atoms with Gasteiger partial charge in [0.2, 0.25) is 11.8 Å². The van der Waals surface area contributed by atoms with E-state index in [0.717, 1.165) is 25.7 Å². The molecule has 0 radical (unpaired) electrons. The number of hydrogen-bond acceptors (Lipinski definition) is 3. The van der Waals surface area contributed by atoms with E-state index < -0.39 is 6.04 Å². The molecule has 6 heteroatoms. The molecule has 0 aromatic heterocycles. The molecule has 2 aliphatic rings. The molecule has 1 heterocycles. The first-order valence-electron chi connectivity index (χ1n) is 7.64. The molecule has 1 saturated carbocycles. The van der Waals surface area contributed by atoms with Gasteiger partial charge in [-0.05, 0) is 31.1 Å². The predicted octanol–water partition coefficient (Wildman–Crippen LogP) is 1.30. The number of piperidine rings is 1. The maximum absolute atomic E-state index is 12.3. The first-order chi connectivity index (χ1) is 9.29. The summed E-state index contributed by atoms with van der Waals surface area (Å²) in [5.74, 6) is 0.481. The highest BCUT2D eigenvalue weighted by Gasteiger charge is 2.35. The van der Waals surface area contributed by atoms with E-state index in [2.05, 4.69) is 5.32 Å². The lowest BCUT2D eigenvalue weighted by Gasteiger charge is -2.36. The zero-order valence-electron chi connectivity index (χ0n) is 13.2. The fourth-order valence-corrected chi connectivity index (χ4v) is 2.48. The van der Waals surface area contributed by atoms with Crippen molar-refractivity contribution in [2.75, 3.05) is 13.1 Å². The van der Waals surface area contributed by atoms with Crippen LogP contribution in [-0.4, -0.2) is 41.9 Å². The quantitative estimate of drug-likeness (QED) is 0.824. The van der Waals surface area contributed by atoms with E-state index in [1.807, 2.05) is 25.7 Å². The molecule has 0 unspecified atom stereocenters. The van der Waals surface area contributed by atoms with Crippen LogP contribution in [0.3, 0.4) is 0 Å². The summed E-state index contributed by atoms with van der Waals surface area (Å²) >= 11 is 0. The fourth-order valence-electron chi connectivity index (χ4n) is 2.48. The summed E-state index contributed by atoms with van der Waals surface area (Å²) in [6.07, 6.45) is 3.73. The van der Waals surface area contributed by atoms with E-state index in [0.29, 0.717) is 13.1 Å². The van der Waals surface area contributed by atoms with Crippen LogP contribution < -0.4 is 11.1 Å². The average molecular weight is 318 g/mol. The van der Waals surface area contributed by atoms with Crippen molar-refractivity contribution in [1.29, 1.82) is 0 Å². The number of hydrogen-bond donors (Lipinski definition) is 2. The molecule has 0 aromatic carbocycles. The minimum Gasteiger partial charge on any atom is -0.353 e. The van der Waals surface area contributed by atoms with Gasteiger partial charge in [0.15, 0.2) is 0 Å². The van der Waals surface area contributed by atoms with E-state index >= 15 is 0 Å². The SMILES string of the molecule is CC(C)(C)[C@H](N)C(=O)N1CCC(NC(=O)C2CC2)CC1.Cl. The van der Waals surface area contributed by atoms with Gasteiger partial charge in [-0.25, -0.2) is 0 Å². The molecular formula is C15H28ClN3O2. The maximum atomic E-state index is 12.3. The first kappa shape index (κ1) is 18.2. The Balaban J connectivity index is 0.00000220. The minimum atomic E-state index is -0.458. The summed E-state index contributed by atoms with van der Waals surface area (Å²) in [5.41, 5.74) is 5.81. The summed E-state index contributed by atoms with van der Waals surface area (Å²) in [6, 6.07) is -0.238. The lowest BCUT2D eigenvalue weighted by atomic mass is 9.86. The van der Waals surface area contributed by atoms with Crippen molar-refractivity contribution in [1.82, 2.24) is 10.2 Å². The van der Waals surface area contributed by atoms with Gasteiger partial charge in [-0.3, -0.25) is 9.59 Å². The van der Waals surface area contributed by atoms with E-state index in [9.17, 15) is 9.59 Å². The Morgan fingerprint density at radius 3 is 2.10 bits per heavy atom. The molecule has 0 spiro atoms. The number of nitrogens with two attached hydrogens (primary N) is 1. The molecule has 5 nitrogen and oxygen atoms in total. The number of nitrogens with one attached hydrogen (secondary N) is 1. The molecule has 1 aliphatic heterocycles. The summed E-state index contributed by atoms with van der Waals surface area (Å²) in [5, 5.41) is 3.09. The van der Waals surface area contributed by atoms with E-state index in [1.165, 1.54) is 0 Å². The molecular weight excluding hydrogens is 290 g/mol. The molecule has 1 atom stereocenters. The maximum Gasteiger partial charge on any atom is 0.240 e. The molecule has 21 heavy (non-hydrogen) atoms. The van der Waals surface area contributed by atoms with Crippen LogP contribution in [0.2, 0.25) is 0 Å². The number of amides is 2. The van der Waals surface area contributed by atoms with Gasteiger partial charge in [0.25, 0.3) is 0 Å². The van der Waals surface area contributed by atoms with Gasteiger partial charge < -0.3 is 16.0 Å². The van der Waals surface area contributed by atoms with Gasteiger partial charge in [-0.2, -0.15) is 0 Å². The summed E-state index contributed by atoms with van der Waals surface area (Å²) < 4.78 is 0. The van der Waals surface area contributed by atoms with Crippen molar-refractivity contribution >= 4 is 24.2 Å². The Hall–Kier alpha value is -0.810. The number of likely N-dealkylation sites (tertiary alicyclic amines) is 1. The van der Waals surface area contributed by atoms with Crippen LogP contribution in [0.25, 0.3) is 0 Å². The standard InChI is InChI=1S/C15H27N3O2.ClH/c1-15(2,3)12(16)14(20)18-8-6-11(7-9-18)17-13(19)10-4-5-10;/h10-12H,4-9,16H2,1-3H3,(H,17,19);1H/t12-;/m1./s1. The summed E-state index contributed by atoms with van der Waals surface area (Å²) in [6.45, 7) is 7.34. The van der Waals surface area contributed by atoms with Crippen LogP contribution in [-0.2, 0) is 9.59 Å². The van der Waals surface area contributed by atoms with Crippen molar-refractivity contribution in [3.05, 3.63) is 0 Å². The van der Waals surface area contributed by atoms with Crippen molar-refractivity contribution in [3.63, 3.8) is 0 Å². The molecule has 1 aliphatic carbocycles. The van der Waals surface area contributed by atoms with Crippen molar-refractivity contribution in [3.8, 4) is 0 Å². The molecule has 0 aromatic rings. The second-order valence-corrected chi connectivity index (χ2v) is 7.23. The van der Waals surface area contributed by atoms with E-state index in [4.69, 9.17) is 5.73 Å². The number of rotatable bonds is 3. The van der Waals surface area contributed by atoms with E-state index in [-0.39, 0.29) is 41.6 Å². The van der Waals surface area contributed by atoms with Gasteiger partial charge in [-0.1, -0.05) is 20.8 Å². The monoisotopic (exact) mass is 317 g/mol. The lowest BCUT2D eigenvalue weighted by Crippen LogP contribution is -2.54. The molecule has 1 saturated heterocycles. The van der Waals surface area contributed by atoms with E-state index in [1.54, 1.807) is 0 Å². The van der Waals surface area contributed by atoms with Gasteiger partial charge in [0.05, 0.1) is 6.04 Å². The molecule has 122 valence electrons. The first-order valence-corrected chi connectivity index (χ1v) is 7.64. The predicted molar refractivity (Wildman–Crippen MR) is 85.1 cm³/mol. The summed E-state index contributed by atoms with van der Waals surface area (Å²) in [7, 11) is 0. The smallest absolute Gasteiger partial charge is 0.240 e. The van der Waals surface area contributed by atoms with Gasteiger partial charge in [0.1, 0.15) is 0 Å². The Kier molecular flexibility index (Phi) is 6.05. The molecule has 3 N–H and O–H groups in total. The summed E-state index contributed by atoms with van der Waals surface area (Å²) in [4.78, 5) is 25.9. The number of nitrogens with zero attached hydrogens (tertiary/aromatic N) is 1. The van der Waals surface area contributed by atoms with Crippen molar-refractivity contribution in [2.45, 2.75) is 58.5 Å². The van der Waals surface area contributed by atoms with Crippen LogP contribution >= 0.6 is 12.4 Å². The Morgan fingerprint density at radius 2 is 1.67 bits per heavy atom. The van der Waals surface area contributed by atoms with Crippen LogP contribution in [0.15, 0.2) is 0 Å². The Bertz CT molecular complexity index is 383. The van der Waals surface area contributed by atoms with Gasteiger partial charge in [-0.15, -0.1) is 12.4 Å². The second-order valence-electron chi connectivity index (χ2n) is 7.23. The molecule has 2 amide bonds. The van der Waals surface area contributed by atoms with Crippen LogP contribution in [0.1, 0.15) is 46.5 Å². The molecule has 2 rings (SSSR count). The minimum absolute atomic E-state index is 0. The Labute approximate surface area is 133 Å². The highest BCUT2D eigenvalue weighted by atomic mass is 35.5. The average Bonchev–Trinajstić information content (AvgIpc) is 3.21. The third-order valence-electron chi connectivity index (χ3n) is 4.30. The third kappa shape index (κ3) is 4.85. The number of carbonyl (C=O) groups is 2. The number of halogens is 1. The zero-order chi connectivity index (χ0) is 14.9. The normalized spacial score (nSPS) is 21.4. The molecule has 2 fully saturated rings. The largest absolute Gasteiger partial charge is 0.353 e. The molecule has 0 bridgehead atoms. The van der Waals surface area contributed by atoms with Crippen LogP contribution in [0.5, 0.6) is 0 Å². The van der Waals surface area contributed by atoms with Gasteiger partial charge >= 0.3 is 0 Å². The van der Waals surface area contributed by atoms with Crippen molar-refractivity contribution < 1.29 is 9.59 Å². The Morgan fingerprint density at radius 1 is 1.14 bits per heavy atom. The highest BCUT2D eigenvalue weighted by molar-refractivity contribution is 5.85. The highest BCUT2D eigenvalue weighted by Crippen LogP contribution is 2.29. The van der Waals surface area contributed by atoms with Crippen LogP contribution in [0, 0.1) is 11.3 Å².